The topological polar surface area (TPSA) is 38.7 Å². The van der Waals surface area contributed by atoms with E-state index in [1.54, 1.807) is 0 Å². The van der Waals surface area contributed by atoms with Gasteiger partial charge >= 0.3 is 0 Å². The highest BCUT2D eigenvalue weighted by molar-refractivity contribution is 4.94. The van der Waals surface area contributed by atoms with Crippen molar-refractivity contribution in [3.8, 4) is 0 Å². The van der Waals surface area contributed by atoms with E-state index in [-0.39, 0.29) is 12.9 Å². The van der Waals surface area contributed by atoms with Gasteiger partial charge in [-0.15, -0.1) is 0 Å². The van der Waals surface area contributed by atoms with Gasteiger partial charge in [-0.1, -0.05) is 19.1 Å². The minimum absolute atomic E-state index is 0.0893. The minimum Gasteiger partial charge on any atom is -0.459 e. The van der Waals surface area contributed by atoms with Crippen LogP contribution < -0.4 is 0 Å². The molecule has 0 fully saturated rings. The maximum absolute atomic E-state index is 8.66. The number of aliphatic hydroxyl groups is 1. The molecular weight excluding hydrogens is 156 g/mol. The number of aliphatic hydroxyl groups excluding tert-OH is 1. The molecule has 0 saturated heterocycles. The van der Waals surface area contributed by atoms with Crippen molar-refractivity contribution in [1.29, 1.82) is 0 Å². The molecule has 0 amide bonds. The SMILES string of the molecule is CCC=CCC1OC=C(CO)O1. The van der Waals surface area contributed by atoms with Gasteiger partial charge in [0.25, 0.3) is 0 Å². The lowest BCUT2D eigenvalue weighted by Gasteiger charge is -2.07. The summed E-state index contributed by atoms with van der Waals surface area (Å²) in [5, 5.41) is 8.66. The summed E-state index contributed by atoms with van der Waals surface area (Å²) >= 11 is 0. The van der Waals surface area contributed by atoms with Crippen LogP contribution in [0, 0.1) is 0 Å². The summed E-state index contributed by atoms with van der Waals surface area (Å²) in [6.07, 6.45) is 7.04. The first kappa shape index (κ1) is 9.13. The van der Waals surface area contributed by atoms with Crippen molar-refractivity contribution in [2.75, 3.05) is 6.61 Å². The third-order valence-corrected chi connectivity index (χ3v) is 1.52. The predicted octanol–water partition coefficient (Wildman–Crippen LogP) is 1.55. The van der Waals surface area contributed by atoms with Gasteiger partial charge in [0.05, 0.1) is 0 Å². The largest absolute Gasteiger partial charge is 0.459 e. The third kappa shape index (κ3) is 2.58. The second-order valence-electron chi connectivity index (χ2n) is 2.54. The van der Waals surface area contributed by atoms with Crippen molar-refractivity contribution < 1.29 is 14.6 Å². The quantitative estimate of drug-likeness (QED) is 0.650. The van der Waals surface area contributed by atoms with Crippen LogP contribution in [0.1, 0.15) is 19.8 Å². The van der Waals surface area contributed by atoms with Gasteiger partial charge in [-0.3, -0.25) is 0 Å². The molecule has 1 rings (SSSR count). The van der Waals surface area contributed by atoms with E-state index in [0.29, 0.717) is 5.76 Å². The van der Waals surface area contributed by atoms with Gasteiger partial charge in [0.15, 0.2) is 5.76 Å². The van der Waals surface area contributed by atoms with E-state index in [0.717, 1.165) is 12.8 Å². The highest BCUT2D eigenvalue weighted by Gasteiger charge is 2.16. The van der Waals surface area contributed by atoms with E-state index in [2.05, 4.69) is 13.0 Å². The molecule has 0 radical (unpaired) electrons. The third-order valence-electron chi connectivity index (χ3n) is 1.52. The molecule has 0 aromatic carbocycles. The molecule has 0 bridgehead atoms. The molecule has 1 unspecified atom stereocenters. The molecule has 0 aromatic heterocycles. The van der Waals surface area contributed by atoms with Crippen molar-refractivity contribution in [2.24, 2.45) is 0 Å². The van der Waals surface area contributed by atoms with Crippen LogP contribution in [0.5, 0.6) is 0 Å². The Hall–Kier alpha value is -0.960. The van der Waals surface area contributed by atoms with Crippen molar-refractivity contribution in [3.63, 3.8) is 0 Å². The summed E-state index contributed by atoms with van der Waals surface area (Å²) in [7, 11) is 0. The Labute approximate surface area is 72.3 Å². The summed E-state index contributed by atoms with van der Waals surface area (Å²) in [6, 6.07) is 0. The number of allylic oxidation sites excluding steroid dienone is 1. The average Bonchev–Trinajstić information content (AvgIpc) is 2.53. The molecule has 0 aromatic rings. The second kappa shape index (κ2) is 4.83. The zero-order valence-electron chi connectivity index (χ0n) is 7.19. The normalized spacial score (nSPS) is 22.2. The Balaban J connectivity index is 2.18. The van der Waals surface area contributed by atoms with Crippen molar-refractivity contribution in [3.05, 3.63) is 24.2 Å². The van der Waals surface area contributed by atoms with E-state index < -0.39 is 0 Å². The fraction of sp³-hybridized carbons (Fsp3) is 0.556. The molecule has 1 aliphatic rings. The van der Waals surface area contributed by atoms with Crippen LogP contribution in [0.25, 0.3) is 0 Å². The first-order valence-electron chi connectivity index (χ1n) is 4.13. The molecular formula is C9H14O3. The predicted molar refractivity (Wildman–Crippen MR) is 45.2 cm³/mol. The van der Waals surface area contributed by atoms with Crippen molar-refractivity contribution >= 4 is 0 Å². The summed E-state index contributed by atoms with van der Waals surface area (Å²) in [6.45, 7) is 1.98. The van der Waals surface area contributed by atoms with Gasteiger partial charge in [-0.2, -0.15) is 0 Å². The number of hydrogen-bond acceptors (Lipinski definition) is 3. The molecule has 12 heavy (non-hydrogen) atoms. The van der Waals surface area contributed by atoms with Crippen molar-refractivity contribution in [2.45, 2.75) is 26.1 Å². The van der Waals surface area contributed by atoms with E-state index in [9.17, 15) is 0 Å². The molecule has 0 aliphatic carbocycles. The maximum atomic E-state index is 8.66. The van der Waals surface area contributed by atoms with Crippen molar-refractivity contribution in [1.82, 2.24) is 0 Å². The van der Waals surface area contributed by atoms with Gasteiger partial charge in [0.1, 0.15) is 12.9 Å². The Morgan fingerprint density at radius 2 is 2.42 bits per heavy atom. The summed E-state index contributed by atoms with van der Waals surface area (Å²) < 4.78 is 10.3. The van der Waals surface area contributed by atoms with Crippen LogP contribution in [0.2, 0.25) is 0 Å². The zero-order chi connectivity index (χ0) is 8.81. The van der Waals surface area contributed by atoms with Gasteiger partial charge in [-0.25, -0.2) is 0 Å². The van der Waals surface area contributed by atoms with Crippen LogP contribution in [0.15, 0.2) is 24.2 Å². The standard InChI is InChI=1S/C9H14O3/c1-2-3-4-5-9-11-7-8(6-10)12-9/h3-4,7,9-10H,2,5-6H2,1H3. The van der Waals surface area contributed by atoms with Crippen LogP contribution in [0.3, 0.4) is 0 Å². The number of ether oxygens (including phenoxy) is 2. The monoisotopic (exact) mass is 170 g/mol. The first-order valence-corrected chi connectivity index (χ1v) is 4.13. The summed E-state index contributed by atoms with van der Waals surface area (Å²) in [5.41, 5.74) is 0. The highest BCUT2D eigenvalue weighted by atomic mass is 16.7. The number of rotatable bonds is 4. The fourth-order valence-corrected chi connectivity index (χ4v) is 0.928. The van der Waals surface area contributed by atoms with Gasteiger partial charge in [0.2, 0.25) is 6.29 Å². The van der Waals surface area contributed by atoms with E-state index in [1.165, 1.54) is 6.26 Å². The molecule has 1 aliphatic heterocycles. The lowest BCUT2D eigenvalue weighted by atomic mass is 10.3. The lowest BCUT2D eigenvalue weighted by Crippen LogP contribution is -2.07. The maximum Gasteiger partial charge on any atom is 0.243 e. The molecule has 68 valence electrons. The van der Waals surface area contributed by atoms with E-state index in [1.807, 2.05) is 6.08 Å². The summed E-state index contributed by atoms with van der Waals surface area (Å²) in [4.78, 5) is 0. The average molecular weight is 170 g/mol. The van der Waals surface area contributed by atoms with E-state index >= 15 is 0 Å². The molecule has 3 heteroatoms. The van der Waals surface area contributed by atoms with E-state index in [4.69, 9.17) is 14.6 Å². The molecule has 1 heterocycles. The van der Waals surface area contributed by atoms with Crippen LogP contribution in [0.4, 0.5) is 0 Å². The lowest BCUT2D eigenvalue weighted by molar-refractivity contribution is -0.0335. The molecule has 1 atom stereocenters. The van der Waals surface area contributed by atoms with Gasteiger partial charge in [-0.05, 0) is 6.42 Å². The summed E-state index contributed by atoms with van der Waals surface area (Å²) in [5.74, 6) is 0.505. The first-order chi connectivity index (χ1) is 5.86. The molecule has 1 N–H and O–H groups in total. The van der Waals surface area contributed by atoms with Crippen LogP contribution in [-0.2, 0) is 9.47 Å². The molecule has 0 saturated carbocycles. The zero-order valence-corrected chi connectivity index (χ0v) is 7.19. The minimum atomic E-state index is -0.241. The highest BCUT2D eigenvalue weighted by Crippen LogP contribution is 2.16. The van der Waals surface area contributed by atoms with Crippen LogP contribution >= 0.6 is 0 Å². The number of hydrogen-bond donors (Lipinski definition) is 1. The van der Waals surface area contributed by atoms with Crippen LogP contribution in [-0.4, -0.2) is 18.0 Å². The Bertz CT molecular complexity index is 184. The smallest absolute Gasteiger partial charge is 0.243 e. The Morgan fingerprint density at radius 1 is 1.58 bits per heavy atom. The Morgan fingerprint density at radius 3 is 3.00 bits per heavy atom. The second-order valence-corrected chi connectivity index (χ2v) is 2.54. The molecule has 0 spiro atoms. The molecule has 3 nitrogen and oxygen atoms in total. The van der Waals surface area contributed by atoms with Gasteiger partial charge in [0, 0.05) is 6.42 Å². The Kier molecular flexibility index (Phi) is 3.67. The fourth-order valence-electron chi connectivity index (χ4n) is 0.928. The van der Waals surface area contributed by atoms with Gasteiger partial charge < -0.3 is 14.6 Å².